The number of likely N-dealkylation sites (tertiary alicyclic amines) is 1. The van der Waals surface area contributed by atoms with Crippen LogP contribution in [0.15, 0.2) is 17.5 Å². The number of nitrogens with zero attached hydrogens (tertiary/aromatic N) is 1. The van der Waals surface area contributed by atoms with Crippen LogP contribution in [-0.2, 0) is 9.59 Å². The molecule has 1 aliphatic heterocycles. The van der Waals surface area contributed by atoms with Crippen LogP contribution < -0.4 is 10.6 Å². The Hall–Kier alpha value is -1.89. The van der Waals surface area contributed by atoms with Crippen LogP contribution in [0.1, 0.15) is 42.3 Å². The van der Waals surface area contributed by atoms with Gasteiger partial charge in [0.1, 0.15) is 0 Å². The van der Waals surface area contributed by atoms with E-state index in [1.807, 2.05) is 29.3 Å². The normalized spacial score (nSPS) is 15.1. The largest absolute Gasteiger partial charge is 0.356 e. The average molecular weight is 351 g/mol. The molecule has 0 aliphatic carbocycles. The van der Waals surface area contributed by atoms with Crippen LogP contribution in [0.5, 0.6) is 0 Å². The smallest absolute Gasteiger partial charge is 0.263 e. The van der Waals surface area contributed by atoms with Gasteiger partial charge in [0.2, 0.25) is 11.8 Å². The Kier molecular flexibility index (Phi) is 7.24. The zero-order valence-corrected chi connectivity index (χ0v) is 14.9. The van der Waals surface area contributed by atoms with Gasteiger partial charge >= 0.3 is 0 Å². The molecule has 0 atom stereocenters. The van der Waals surface area contributed by atoms with E-state index < -0.39 is 0 Å². The van der Waals surface area contributed by atoms with E-state index in [1.165, 1.54) is 11.3 Å². The summed E-state index contributed by atoms with van der Waals surface area (Å²) >= 11 is 1.44. The lowest BCUT2D eigenvalue weighted by atomic mass is 9.95. The Bertz CT molecular complexity index is 551. The SMILES string of the molecule is CCCNC(=O)CCNC(=O)C1CCN(C(=O)c2cccs2)CC1. The molecule has 1 aromatic rings. The monoisotopic (exact) mass is 351 g/mol. The van der Waals surface area contributed by atoms with Crippen molar-refractivity contribution in [2.45, 2.75) is 32.6 Å². The van der Waals surface area contributed by atoms with Crippen LogP contribution in [0.2, 0.25) is 0 Å². The highest BCUT2D eigenvalue weighted by Crippen LogP contribution is 2.20. The molecule has 24 heavy (non-hydrogen) atoms. The molecule has 1 aromatic heterocycles. The molecule has 2 heterocycles. The first-order valence-corrected chi connectivity index (χ1v) is 9.37. The molecule has 2 N–H and O–H groups in total. The van der Waals surface area contributed by atoms with Crippen molar-refractivity contribution in [3.05, 3.63) is 22.4 Å². The van der Waals surface area contributed by atoms with Gasteiger partial charge in [0.25, 0.3) is 5.91 Å². The highest BCUT2D eigenvalue weighted by atomic mass is 32.1. The topological polar surface area (TPSA) is 78.5 Å². The standard InChI is InChI=1S/C17H25N3O3S/c1-2-8-18-15(21)5-9-19-16(22)13-6-10-20(11-7-13)17(23)14-4-3-12-24-14/h3-4,12-13H,2,5-11H2,1H3,(H,18,21)(H,19,22). The molecule has 1 fully saturated rings. The lowest BCUT2D eigenvalue weighted by Gasteiger charge is -2.31. The summed E-state index contributed by atoms with van der Waals surface area (Å²) < 4.78 is 0. The van der Waals surface area contributed by atoms with Crippen molar-refractivity contribution in [3.63, 3.8) is 0 Å². The summed E-state index contributed by atoms with van der Waals surface area (Å²) in [6, 6.07) is 3.70. The molecule has 3 amide bonds. The molecule has 0 spiro atoms. The van der Waals surface area contributed by atoms with E-state index in [0.717, 1.165) is 11.3 Å². The number of carbonyl (C=O) groups excluding carboxylic acids is 3. The summed E-state index contributed by atoms with van der Waals surface area (Å²) in [6.45, 7) is 4.24. The number of thiophene rings is 1. The van der Waals surface area contributed by atoms with Gasteiger partial charge in [-0.1, -0.05) is 13.0 Å². The fraction of sp³-hybridized carbons (Fsp3) is 0.588. The van der Waals surface area contributed by atoms with Crippen LogP contribution in [-0.4, -0.2) is 48.8 Å². The Morgan fingerprint density at radius 2 is 1.96 bits per heavy atom. The lowest BCUT2D eigenvalue weighted by Crippen LogP contribution is -2.43. The molecule has 2 rings (SSSR count). The second-order valence-electron chi connectivity index (χ2n) is 5.93. The summed E-state index contributed by atoms with van der Waals surface area (Å²) in [6.07, 6.45) is 2.55. The van der Waals surface area contributed by atoms with Crippen LogP contribution in [0.4, 0.5) is 0 Å². The van der Waals surface area contributed by atoms with Gasteiger partial charge in [-0.2, -0.15) is 0 Å². The number of rotatable bonds is 7. The van der Waals surface area contributed by atoms with Crippen molar-refractivity contribution < 1.29 is 14.4 Å². The lowest BCUT2D eigenvalue weighted by molar-refractivity contribution is -0.126. The van der Waals surface area contributed by atoms with Crippen LogP contribution in [0.3, 0.4) is 0 Å². The van der Waals surface area contributed by atoms with Gasteiger partial charge in [0.15, 0.2) is 0 Å². The summed E-state index contributed by atoms with van der Waals surface area (Å²) in [5.74, 6) is -0.0671. The molecule has 0 unspecified atom stereocenters. The Morgan fingerprint density at radius 1 is 1.21 bits per heavy atom. The van der Waals surface area contributed by atoms with Gasteiger partial charge in [-0.05, 0) is 30.7 Å². The van der Waals surface area contributed by atoms with Gasteiger partial charge in [0.05, 0.1) is 4.88 Å². The summed E-state index contributed by atoms with van der Waals surface area (Å²) in [5, 5.41) is 7.51. The minimum absolute atomic E-state index is 0.0125. The van der Waals surface area contributed by atoms with Crippen LogP contribution >= 0.6 is 11.3 Å². The molecule has 0 radical (unpaired) electrons. The van der Waals surface area contributed by atoms with E-state index in [0.29, 0.717) is 45.4 Å². The number of carbonyl (C=O) groups is 3. The summed E-state index contributed by atoms with van der Waals surface area (Å²) in [7, 11) is 0. The quantitative estimate of drug-likeness (QED) is 0.784. The summed E-state index contributed by atoms with van der Waals surface area (Å²) in [4.78, 5) is 38.5. The molecule has 0 saturated carbocycles. The zero-order chi connectivity index (χ0) is 17.4. The first-order valence-electron chi connectivity index (χ1n) is 8.49. The fourth-order valence-electron chi connectivity index (χ4n) is 2.70. The maximum atomic E-state index is 12.3. The molecule has 132 valence electrons. The van der Waals surface area contributed by atoms with Gasteiger partial charge in [-0.15, -0.1) is 11.3 Å². The van der Waals surface area contributed by atoms with E-state index in [4.69, 9.17) is 0 Å². The summed E-state index contributed by atoms with van der Waals surface area (Å²) in [5.41, 5.74) is 0. The van der Waals surface area contributed by atoms with Crippen molar-refractivity contribution in [1.29, 1.82) is 0 Å². The third-order valence-corrected chi connectivity index (χ3v) is 4.97. The van der Waals surface area contributed by atoms with Crippen molar-refractivity contribution in [3.8, 4) is 0 Å². The third-order valence-electron chi connectivity index (χ3n) is 4.11. The molecular weight excluding hydrogens is 326 g/mol. The van der Waals surface area contributed by atoms with Gasteiger partial charge in [-0.3, -0.25) is 14.4 Å². The predicted molar refractivity (Wildman–Crippen MR) is 93.9 cm³/mol. The maximum Gasteiger partial charge on any atom is 0.263 e. The van der Waals surface area contributed by atoms with E-state index in [9.17, 15) is 14.4 Å². The van der Waals surface area contributed by atoms with Gasteiger partial charge < -0.3 is 15.5 Å². The second-order valence-corrected chi connectivity index (χ2v) is 6.88. The molecule has 6 nitrogen and oxygen atoms in total. The molecule has 0 aromatic carbocycles. The average Bonchev–Trinajstić information content (AvgIpc) is 3.14. The van der Waals surface area contributed by atoms with Crippen molar-refractivity contribution in [2.24, 2.45) is 5.92 Å². The highest BCUT2D eigenvalue weighted by Gasteiger charge is 2.27. The van der Waals surface area contributed by atoms with Crippen molar-refractivity contribution >= 4 is 29.1 Å². The minimum atomic E-state index is -0.0731. The molecule has 7 heteroatoms. The highest BCUT2D eigenvalue weighted by molar-refractivity contribution is 7.12. The van der Waals surface area contributed by atoms with E-state index in [2.05, 4.69) is 10.6 Å². The number of piperidine rings is 1. The Morgan fingerprint density at radius 3 is 2.58 bits per heavy atom. The number of hydrogen-bond acceptors (Lipinski definition) is 4. The Balaban J connectivity index is 1.67. The number of nitrogens with one attached hydrogen (secondary N) is 2. The minimum Gasteiger partial charge on any atom is -0.356 e. The third kappa shape index (κ3) is 5.33. The van der Waals surface area contributed by atoms with Gasteiger partial charge in [-0.25, -0.2) is 0 Å². The van der Waals surface area contributed by atoms with E-state index in [-0.39, 0.29) is 23.6 Å². The number of hydrogen-bond donors (Lipinski definition) is 2. The second kappa shape index (κ2) is 9.42. The molecule has 0 bridgehead atoms. The first-order chi connectivity index (χ1) is 11.6. The van der Waals surface area contributed by atoms with Crippen LogP contribution in [0.25, 0.3) is 0 Å². The maximum absolute atomic E-state index is 12.3. The van der Waals surface area contributed by atoms with Crippen LogP contribution in [0, 0.1) is 5.92 Å². The van der Waals surface area contributed by atoms with Gasteiger partial charge in [0, 0.05) is 38.5 Å². The Labute approximate surface area is 146 Å². The number of amides is 3. The van der Waals surface area contributed by atoms with E-state index >= 15 is 0 Å². The zero-order valence-electron chi connectivity index (χ0n) is 14.0. The molecule has 1 aliphatic rings. The molecule has 1 saturated heterocycles. The molecular formula is C17H25N3O3S. The van der Waals surface area contributed by atoms with E-state index in [1.54, 1.807) is 0 Å². The predicted octanol–water partition coefficient (Wildman–Crippen LogP) is 1.63. The van der Waals surface area contributed by atoms with Crippen molar-refractivity contribution in [1.82, 2.24) is 15.5 Å². The first kappa shape index (κ1) is 18.4. The fourth-order valence-corrected chi connectivity index (χ4v) is 3.39. The van der Waals surface area contributed by atoms with Crippen molar-refractivity contribution in [2.75, 3.05) is 26.2 Å².